The summed E-state index contributed by atoms with van der Waals surface area (Å²) in [6, 6.07) is 9.68. The molecule has 0 saturated heterocycles. The van der Waals surface area contributed by atoms with E-state index in [2.05, 4.69) is 13.5 Å². The number of hydrogen-bond donors (Lipinski definition) is 0. The molecule has 0 aliphatic rings. The van der Waals surface area contributed by atoms with Gasteiger partial charge in [-0.2, -0.15) is 0 Å². The van der Waals surface area contributed by atoms with Crippen molar-refractivity contribution in [2.24, 2.45) is 0 Å². The molecule has 3 heteroatoms. The molecule has 1 aromatic carbocycles. The standard InChI is InChI=1S/C20H30O3/c1-3-5-6-7-8-9-11-16-19(17-22-20(21)4-2)23-18-14-12-10-13-15-18/h4,10,12-15,19H,2-3,5-9,11,16-17H2,1H3. The normalized spacial score (nSPS) is 11.7. The molecule has 0 radical (unpaired) electrons. The predicted molar refractivity (Wildman–Crippen MR) is 94.6 cm³/mol. The molecule has 128 valence electrons. The van der Waals surface area contributed by atoms with E-state index in [1.54, 1.807) is 0 Å². The number of carbonyl (C=O) groups is 1. The smallest absolute Gasteiger partial charge is 0.330 e. The Labute approximate surface area is 140 Å². The lowest BCUT2D eigenvalue weighted by atomic mass is 10.1. The van der Waals surface area contributed by atoms with Crippen LogP contribution in [-0.4, -0.2) is 18.7 Å². The Hall–Kier alpha value is -1.77. The van der Waals surface area contributed by atoms with Gasteiger partial charge >= 0.3 is 5.97 Å². The molecular weight excluding hydrogens is 288 g/mol. The van der Waals surface area contributed by atoms with E-state index in [4.69, 9.17) is 9.47 Å². The summed E-state index contributed by atoms with van der Waals surface area (Å²) >= 11 is 0. The van der Waals surface area contributed by atoms with Crippen molar-refractivity contribution in [2.45, 2.75) is 64.4 Å². The van der Waals surface area contributed by atoms with Crippen molar-refractivity contribution < 1.29 is 14.3 Å². The highest BCUT2D eigenvalue weighted by Gasteiger charge is 2.12. The van der Waals surface area contributed by atoms with E-state index in [0.717, 1.165) is 18.6 Å². The zero-order chi connectivity index (χ0) is 16.8. The second-order valence-corrected chi connectivity index (χ2v) is 5.80. The van der Waals surface area contributed by atoms with Crippen LogP contribution in [0.2, 0.25) is 0 Å². The lowest BCUT2D eigenvalue weighted by Crippen LogP contribution is -2.24. The van der Waals surface area contributed by atoms with Crippen molar-refractivity contribution in [3.8, 4) is 5.75 Å². The maximum atomic E-state index is 11.2. The van der Waals surface area contributed by atoms with Gasteiger partial charge in [-0.1, -0.05) is 70.2 Å². The number of para-hydroxylation sites is 1. The molecule has 0 aliphatic carbocycles. The van der Waals surface area contributed by atoms with Crippen LogP contribution in [0.3, 0.4) is 0 Å². The lowest BCUT2D eigenvalue weighted by molar-refractivity contribution is -0.140. The van der Waals surface area contributed by atoms with Crippen LogP contribution in [-0.2, 0) is 9.53 Å². The number of esters is 1. The lowest BCUT2D eigenvalue weighted by Gasteiger charge is -2.19. The van der Waals surface area contributed by atoms with E-state index < -0.39 is 5.97 Å². The highest BCUT2D eigenvalue weighted by molar-refractivity contribution is 5.81. The van der Waals surface area contributed by atoms with Gasteiger partial charge < -0.3 is 9.47 Å². The highest BCUT2D eigenvalue weighted by atomic mass is 16.6. The van der Waals surface area contributed by atoms with Gasteiger partial charge in [0, 0.05) is 6.08 Å². The van der Waals surface area contributed by atoms with Crippen molar-refractivity contribution >= 4 is 5.97 Å². The summed E-state index contributed by atoms with van der Waals surface area (Å²) in [5.41, 5.74) is 0. The van der Waals surface area contributed by atoms with Crippen molar-refractivity contribution in [1.29, 1.82) is 0 Å². The first-order valence-electron chi connectivity index (χ1n) is 8.77. The molecule has 1 atom stereocenters. The van der Waals surface area contributed by atoms with E-state index in [0.29, 0.717) is 0 Å². The van der Waals surface area contributed by atoms with Gasteiger partial charge in [-0.3, -0.25) is 0 Å². The van der Waals surface area contributed by atoms with Gasteiger partial charge in [-0.05, 0) is 25.0 Å². The average Bonchev–Trinajstić information content (AvgIpc) is 2.59. The van der Waals surface area contributed by atoms with Crippen LogP contribution in [0.25, 0.3) is 0 Å². The Bertz CT molecular complexity index is 428. The Morgan fingerprint density at radius 3 is 2.39 bits per heavy atom. The molecule has 1 rings (SSSR count). The minimum Gasteiger partial charge on any atom is -0.487 e. The fourth-order valence-electron chi connectivity index (χ4n) is 2.43. The number of unbranched alkanes of at least 4 members (excludes halogenated alkanes) is 6. The molecule has 0 N–H and O–H groups in total. The average molecular weight is 318 g/mol. The molecule has 0 heterocycles. The molecule has 0 spiro atoms. The molecule has 1 aromatic rings. The van der Waals surface area contributed by atoms with Gasteiger partial charge in [-0.25, -0.2) is 4.79 Å². The van der Waals surface area contributed by atoms with Crippen LogP contribution in [0.4, 0.5) is 0 Å². The third-order valence-corrected chi connectivity index (χ3v) is 3.75. The van der Waals surface area contributed by atoms with Gasteiger partial charge in [0.15, 0.2) is 0 Å². The van der Waals surface area contributed by atoms with Gasteiger partial charge in [0.05, 0.1) is 0 Å². The quantitative estimate of drug-likeness (QED) is 0.281. The van der Waals surface area contributed by atoms with Gasteiger partial charge in [-0.15, -0.1) is 0 Å². The maximum absolute atomic E-state index is 11.2. The van der Waals surface area contributed by atoms with E-state index in [9.17, 15) is 4.79 Å². The van der Waals surface area contributed by atoms with Crippen molar-refractivity contribution in [3.05, 3.63) is 43.0 Å². The molecule has 23 heavy (non-hydrogen) atoms. The Morgan fingerprint density at radius 1 is 1.09 bits per heavy atom. The van der Waals surface area contributed by atoms with Crippen molar-refractivity contribution in [3.63, 3.8) is 0 Å². The van der Waals surface area contributed by atoms with E-state index >= 15 is 0 Å². The first-order valence-corrected chi connectivity index (χ1v) is 8.77. The van der Waals surface area contributed by atoms with Gasteiger partial charge in [0.2, 0.25) is 0 Å². The third kappa shape index (κ3) is 9.77. The van der Waals surface area contributed by atoms with Gasteiger partial charge in [0.1, 0.15) is 18.5 Å². The number of carbonyl (C=O) groups excluding carboxylic acids is 1. The molecule has 0 saturated carbocycles. The van der Waals surface area contributed by atoms with Crippen LogP contribution in [0, 0.1) is 0 Å². The molecule has 0 amide bonds. The summed E-state index contributed by atoms with van der Waals surface area (Å²) in [7, 11) is 0. The molecule has 0 fully saturated rings. The summed E-state index contributed by atoms with van der Waals surface area (Å²) in [6.45, 7) is 5.92. The molecule has 0 aromatic heterocycles. The third-order valence-electron chi connectivity index (χ3n) is 3.75. The number of benzene rings is 1. The summed E-state index contributed by atoms with van der Waals surface area (Å²) in [4.78, 5) is 11.2. The fourth-order valence-corrected chi connectivity index (χ4v) is 2.43. The molecule has 0 bridgehead atoms. The topological polar surface area (TPSA) is 35.5 Å². The summed E-state index contributed by atoms with van der Waals surface area (Å²) in [6.07, 6.45) is 10.8. The first kappa shape index (κ1) is 19.3. The SMILES string of the molecule is C=CC(=O)OCC(CCCCCCCCC)Oc1ccccc1. The Kier molecular flexibility index (Phi) is 10.7. The Morgan fingerprint density at radius 2 is 1.74 bits per heavy atom. The molecule has 3 nitrogen and oxygen atoms in total. The minimum absolute atomic E-state index is 0.100. The Balaban J connectivity index is 2.32. The number of rotatable bonds is 13. The van der Waals surface area contributed by atoms with Crippen molar-refractivity contribution in [1.82, 2.24) is 0 Å². The zero-order valence-electron chi connectivity index (χ0n) is 14.3. The van der Waals surface area contributed by atoms with E-state index in [1.165, 1.54) is 44.6 Å². The summed E-state index contributed by atoms with van der Waals surface area (Å²) in [5.74, 6) is 0.418. The molecule has 0 aliphatic heterocycles. The van der Waals surface area contributed by atoms with Crippen LogP contribution >= 0.6 is 0 Å². The minimum atomic E-state index is -0.397. The second-order valence-electron chi connectivity index (χ2n) is 5.80. The summed E-state index contributed by atoms with van der Waals surface area (Å²) in [5, 5.41) is 0. The molecule has 1 unspecified atom stereocenters. The predicted octanol–water partition coefficient (Wildman–Crippen LogP) is 5.30. The maximum Gasteiger partial charge on any atom is 0.330 e. The van der Waals surface area contributed by atoms with E-state index in [1.807, 2.05) is 30.3 Å². The highest BCUT2D eigenvalue weighted by Crippen LogP contribution is 2.16. The van der Waals surface area contributed by atoms with Crippen LogP contribution in [0.1, 0.15) is 58.3 Å². The van der Waals surface area contributed by atoms with Crippen LogP contribution in [0.15, 0.2) is 43.0 Å². The second kappa shape index (κ2) is 12.7. The van der Waals surface area contributed by atoms with Crippen LogP contribution in [0.5, 0.6) is 5.75 Å². The first-order chi connectivity index (χ1) is 11.3. The fraction of sp³-hybridized carbons (Fsp3) is 0.550. The largest absolute Gasteiger partial charge is 0.487 e. The molecular formula is C20H30O3. The number of ether oxygens (including phenoxy) is 2. The van der Waals surface area contributed by atoms with Gasteiger partial charge in [0.25, 0.3) is 0 Å². The van der Waals surface area contributed by atoms with E-state index in [-0.39, 0.29) is 12.7 Å². The monoisotopic (exact) mass is 318 g/mol. The summed E-state index contributed by atoms with van der Waals surface area (Å²) < 4.78 is 11.1. The zero-order valence-corrected chi connectivity index (χ0v) is 14.3. The van der Waals surface area contributed by atoms with Crippen LogP contribution < -0.4 is 4.74 Å². The number of hydrogen-bond acceptors (Lipinski definition) is 3. The van der Waals surface area contributed by atoms with Crippen molar-refractivity contribution in [2.75, 3.05) is 6.61 Å².